The first-order valence-electron chi connectivity index (χ1n) is 5.64. The minimum absolute atomic E-state index is 0.107. The van der Waals surface area contributed by atoms with Gasteiger partial charge in [0.2, 0.25) is 5.16 Å². The summed E-state index contributed by atoms with van der Waals surface area (Å²) in [6.45, 7) is 0.452. The quantitative estimate of drug-likeness (QED) is 0.649. The Hall–Kier alpha value is -2.02. The second kappa shape index (κ2) is 6.24. The van der Waals surface area contributed by atoms with E-state index in [9.17, 15) is 4.79 Å². The molecule has 7 heteroatoms. The van der Waals surface area contributed by atoms with E-state index in [0.29, 0.717) is 11.7 Å². The third kappa shape index (κ3) is 3.72. The highest BCUT2D eigenvalue weighted by Gasteiger charge is 2.07. The van der Waals surface area contributed by atoms with Crippen molar-refractivity contribution >= 4 is 17.7 Å². The van der Waals surface area contributed by atoms with E-state index in [1.165, 1.54) is 11.8 Å². The minimum atomic E-state index is -0.804. The monoisotopic (exact) mass is 277 g/mol. The summed E-state index contributed by atoms with van der Waals surface area (Å²) < 4.78 is 1.82. The van der Waals surface area contributed by atoms with Crippen molar-refractivity contribution in [2.75, 3.05) is 6.26 Å². The lowest BCUT2D eigenvalue weighted by molar-refractivity contribution is -0.695. The van der Waals surface area contributed by atoms with Crippen LogP contribution in [0.5, 0.6) is 0 Å². The van der Waals surface area contributed by atoms with Gasteiger partial charge in [0.05, 0.1) is 11.9 Å². The molecule has 0 fully saturated rings. The van der Waals surface area contributed by atoms with Crippen molar-refractivity contribution in [1.82, 2.24) is 15.2 Å². The molecule has 1 N–H and O–H groups in total. The van der Waals surface area contributed by atoms with Crippen molar-refractivity contribution in [2.24, 2.45) is 0 Å². The molecule has 0 aliphatic rings. The molecule has 0 unspecified atom stereocenters. The van der Waals surface area contributed by atoms with Crippen LogP contribution in [0.25, 0.3) is 11.3 Å². The van der Waals surface area contributed by atoms with E-state index < -0.39 is 5.97 Å². The van der Waals surface area contributed by atoms with Crippen LogP contribution in [0.2, 0.25) is 0 Å². The van der Waals surface area contributed by atoms with Gasteiger partial charge in [-0.25, -0.2) is 9.55 Å². The van der Waals surface area contributed by atoms with Crippen molar-refractivity contribution in [3.63, 3.8) is 0 Å². The Morgan fingerprint density at radius 3 is 2.79 bits per heavy atom. The number of pyridine rings is 1. The van der Waals surface area contributed by atoms with Crippen LogP contribution in [0.15, 0.2) is 35.9 Å². The van der Waals surface area contributed by atoms with E-state index in [0.717, 1.165) is 11.3 Å². The van der Waals surface area contributed by atoms with E-state index in [1.807, 2.05) is 35.3 Å². The van der Waals surface area contributed by atoms with E-state index >= 15 is 0 Å². The molecule has 6 nitrogen and oxygen atoms in total. The summed E-state index contributed by atoms with van der Waals surface area (Å²) in [7, 11) is 0. The summed E-state index contributed by atoms with van der Waals surface area (Å²) in [4.78, 5) is 14.8. The molecule has 98 valence electrons. The molecular weight excluding hydrogens is 264 g/mol. The average molecular weight is 277 g/mol. The molecule has 0 amide bonds. The zero-order valence-corrected chi connectivity index (χ0v) is 11.2. The predicted molar refractivity (Wildman–Crippen MR) is 69.5 cm³/mol. The molecule has 0 saturated heterocycles. The minimum Gasteiger partial charge on any atom is -0.481 e. The largest absolute Gasteiger partial charge is 0.481 e. The molecule has 0 aliphatic carbocycles. The zero-order chi connectivity index (χ0) is 13.7. The molecule has 0 spiro atoms. The van der Waals surface area contributed by atoms with Crippen molar-refractivity contribution in [1.29, 1.82) is 0 Å². The average Bonchev–Trinajstić information content (AvgIpc) is 2.45. The van der Waals surface area contributed by atoms with Crippen molar-refractivity contribution in [3.8, 4) is 11.3 Å². The van der Waals surface area contributed by atoms with Gasteiger partial charge < -0.3 is 5.11 Å². The lowest BCUT2D eigenvalue weighted by Gasteiger charge is -2.00. The number of carboxylic acid groups (broad SMARTS) is 1. The number of aliphatic carboxylic acids is 1. The summed E-state index contributed by atoms with van der Waals surface area (Å²) in [5.74, 6) is -0.804. The smallest absolute Gasteiger partial charge is 0.309 e. The topological polar surface area (TPSA) is 79.9 Å². The van der Waals surface area contributed by atoms with E-state index in [1.54, 1.807) is 6.20 Å². The van der Waals surface area contributed by atoms with Gasteiger partial charge in [-0.2, -0.15) is 5.10 Å². The Labute approximate surface area is 114 Å². The molecule has 2 rings (SSSR count). The molecule has 19 heavy (non-hydrogen) atoms. The second-order valence-electron chi connectivity index (χ2n) is 3.80. The first-order chi connectivity index (χ1) is 9.19. The molecule has 0 atom stereocenters. The Bertz CT molecular complexity index is 574. The van der Waals surface area contributed by atoms with Crippen molar-refractivity contribution < 1.29 is 14.5 Å². The Balaban J connectivity index is 2.15. The molecule has 0 saturated carbocycles. The summed E-state index contributed by atoms with van der Waals surface area (Å²) >= 11 is 1.44. The van der Waals surface area contributed by atoms with Crippen LogP contribution in [-0.2, 0) is 11.3 Å². The van der Waals surface area contributed by atoms with Crippen LogP contribution in [0, 0.1) is 0 Å². The first kappa shape index (κ1) is 13.4. The summed E-state index contributed by atoms with van der Waals surface area (Å²) in [6.07, 6.45) is 7.27. The predicted octanol–water partition coefficient (Wildman–Crippen LogP) is 1.02. The number of rotatable bonds is 5. The van der Waals surface area contributed by atoms with Crippen LogP contribution in [-0.4, -0.2) is 32.5 Å². The van der Waals surface area contributed by atoms with Crippen LogP contribution in [0.3, 0.4) is 0 Å². The third-order valence-electron chi connectivity index (χ3n) is 2.49. The molecule has 0 bridgehead atoms. The fraction of sp³-hybridized carbons (Fsp3) is 0.250. The van der Waals surface area contributed by atoms with Gasteiger partial charge >= 0.3 is 5.97 Å². The van der Waals surface area contributed by atoms with Crippen LogP contribution >= 0.6 is 11.8 Å². The number of thioether (sulfide) groups is 1. The SMILES string of the molecule is CSc1nncc(-c2cc[n+](CCC(=O)O)cc2)n1. The van der Waals surface area contributed by atoms with Gasteiger partial charge in [-0.05, 0) is 6.26 Å². The van der Waals surface area contributed by atoms with Gasteiger partial charge in [-0.15, -0.1) is 5.10 Å². The molecule has 2 heterocycles. The lowest BCUT2D eigenvalue weighted by Crippen LogP contribution is -2.33. The van der Waals surface area contributed by atoms with Gasteiger partial charge in [0.15, 0.2) is 18.9 Å². The standard InChI is InChI=1S/C12H12N4O2S/c1-19-12-14-10(8-13-15-12)9-2-5-16(6-3-9)7-4-11(17)18/h2-3,5-6,8H,4,7H2,1H3/p+1. The molecule has 0 aromatic carbocycles. The fourth-order valence-corrected chi connectivity index (χ4v) is 1.83. The van der Waals surface area contributed by atoms with Crippen molar-refractivity contribution in [2.45, 2.75) is 18.1 Å². The Morgan fingerprint density at radius 1 is 1.42 bits per heavy atom. The van der Waals surface area contributed by atoms with E-state index in [2.05, 4.69) is 15.2 Å². The molecule has 0 radical (unpaired) electrons. The lowest BCUT2D eigenvalue weighted by atomic mass is 10.2. The molecule has 0 aliphatic heterocycles. The maximum atomic E-state index is 10.5. The normalized spacial score (nSPS) is 10.4. The molecule has 2 aromatic rings. The molecule has 2 aromatic heterocycles. The second-order valence-corrected chi connectivity index (χ2v) is 4.57. The number of nitrogens with zero attached hydrogens (tertiary/aromatic N) is 4. The highest BCUT2D eigenvalue weighted by atomic mass is 32.2. The Kier molecular flexibility index (Phi) is 4.40. The number of carbonyl (C=O) groups is 1. The number of hydrogen-bond donors (Lipinski definition) is 1. The van der Waals surface area contributed by atoms with Gasteiger partial charge in [-0.3, -0.25) is 4.79 Å². The van der Waals surface area contributed by atoms with Gasteiger partial charge in [0.1, 0.15) is 6.42 Å². The Morgan fingerprint density at radius 2 is 2.16 bits per heavy atom. The highest BCUT2D eigenvalue weighted by molar-refractivity contribution is 7.98. The van der Waals surface area contributed by atoms with Crippen LogP contribution in [0.4, 0.5) is 0 Å². The van der Waals surface area contributed by atoms with E-state index in [4.69, 9.17) is 5.11 Å². The van der Waals surface area contributed by atoms with Gasteiger partial charge in [0, 0.05) is 17.7 Å². The summed E-state index contributed by atoms with van der Waals surface area (Å²) in [5, 5.41) is 17.0. The van der Waals surface area contributed by atoms with Gasteiger partial charge in [-0.1, -0.05) is 11.8 Å². The van der Waals surface area contributed by atoms with Crippen LogP contribution < -0.4 is 4.57 Å². The van der Waals surface area contributed by atoms with Gasteiger partial charge in [0.25, 0.3) is 0 Å². The first-order valence-corrected chi connectivity index (χ1v) is 6.86. The summed E-state index contributed by atoms with van der Waals surface area (Å²) in [6, 6.07) is 3.77. The maximum absolute atomic E-state index is 10.5. The van der Waals surface area contributed by atoms with E-state index in [-0.39, 0.29) is 6.42 Å². The fourth-order valence-electron chi connectivity index (χ4n) is 1.51. The van der Waals surface area contributed by atoms with Crippen LogP contribution in [0.1, 0.15) is 6.42 Å². The number of carboxylic acids is 1. The zero-order valence-electron chi connectivity index (χ0n) is 10.4. The number of aryl methyl sites for hydroxylation is 1. The third-order valence-corrected chi connectivity index (χ3v) is 3.03. The maximum Gasteiger partial charge on any atom is 0.309 e. The number of aromatic nitrogens is 4. The highest BCUT2D eigenvalue weighted by Crippen LogP contribution is 2.16. The van der Waals surface area contributed by atoms with Crippen molar-refractivity contribution in [3.05, 3.63) is 30.7 Å². The number of hydrogen-bond acceptors (Lipinski definition) is 5. The summed E-state index contributed by atoms with van der Waals surface area (Å²) in [5.41, 5.74) is 1.68. The molecular formula is C12H13N4O2S+.